The van der Waals surface area contributed by atoms with Gasteiger partial charge in [-0.05, 0) is 65.2 Å². The Morgan fingerprint density at radius 1 is 1.06 bits per heavy atom. The van der Waals surface area contributed by atoms with Crippen LogP contribution in [0.2, 0.25) is 0 Å². The van der Waals surface area contributed by atoms with Crippen LogP contribution in [0.15, 0.2) is 48.8 Å². The molecule has 5 rings (SSSR count). The van der Waals surface area contributed by atoms with Crippen molar-refractivity contribution in [2.45, 2.75) is 44.9 Å². The summed E-state index contributed by atoms with van der Waals surface area (Å²) in [4.78, 5) is 29.6. The van der Waals surface area contributed by atoms with Crippen LogP contribution >= 0.6 is 0 Å². The number of hydrogen-bond acceptors (Lipinski definition) is 8. The summed E-state index contributed by atoms with van der Waals surface area (Å²) in [6, 6.07) is 13.4. The molecule has 0 unspecified atom stereocenters. The Morgan fingerprint density at radius 2 is 1.89 bits per heavy atom. The van der Waals surface area contributed by atoms with Gasteiger partial charge in [-0.1, -0.05) is 24.6 Å². The van der Waals surface area contributed by atoms with Gasteiger partial charge in [-0.3, -0.25) is 14.5 Å². The number of piperidine rings is 1. The summed E-state index contributed by atoms with van der Waals surface area (Å²) < 4.78 is 12.6. The van der Waals surface area contributed by atoms with E-state index in [9.17, 15) is 9.59 Å². The Balaban J connectivity index is 1.28. The van der Waals surface area contributed by atoms with E-state index in [0.29, 0.717) is 38.3 Å². The van der Waals surface area contributed by atoms with Gasteiger partial charge in [-0.15, -0.1) is 5.10 Å². The van der Waals surface area contributed by atoms with Gasteiger partial charge in [0.05, 0.1) is 20.2 Å². The molecule has 3 aromatic rings. The maximum atomic E-state index is 13.3. The second kappa shape index (κ2) is 10.9. The van der Waals surface area contributed by atoms with Gasteiger partial charge in [0.15, 0.2) is 0 Å². The minimum Gasteiger partial charge on any atom is -0.491 e. The average Bonchev–Trinajstić information content (AvgIpc) is 3.33. The minimum atomic E-state index is -0.208. The summed E-state index contributed by atoms with van der Waals surface area (Å²) in [6.07, 6.45) is 4.47. The van der Waals surface area contributed by atoms with E-state index in [2.05, 4.69) is 26.5 Å². The van der Waals surface area contributed by atoms with Crippen molar-refractivity contribution in [2.75, 3.05) is 26.8 Å². The molecule has 1 amide bonds. The third kappa shape index (κ3) is 5.38. The van der Waals surface area contributed by atoms with E-state index in [4.69, 9.17) is 9.47 Å². The first-order chi connectivity index (χ1) is 17.6. The highest BCUT2D eigenvalue weighted by atomic mass is 16.5. The number of hydrogen-bond donors (Lipinski definition) is 0. The van der Waals surface area contributed by atoms with E-state index in [0.717, 1.165) is 48.2 Å². The van der Waals surface area contributed by atoms with Crippen LogP contribution in [0.25, 0.3) is 0 Å². The first-order valence-corrected chi connectivity index (χ1v) is 12.3. The molecule has 0 aliphatic carbocycles. The molecule has 1 aromatic heterocycles. The number of esters is 1. The standard InChI is InChI=1S/C26H30N6O4/c1-35-26(34)23-4-2-3-11-30(23)15-20-7-10-24-22(14-20)17-31(12-13-36-24)25(33)21-8-5-19(6-9-21)16-32-18-27-28-29-32/h5-10,14,18,23H,2-4,11-13,15-17H2,1H3/t23-/m0/s1. The second-order valence-electron chi connectivity index (χ2n) is 9.23. The zero-order chi connectivity index (χ0) is 24.9. The van der Waals surface area contributed by atoms with Gasteiger partial charge in [-0.25, -0.2) is 4.68 Å². The van der Waals surface area contributed by atoms with E-state index in [1.165, 1.54) is 7.11 Å². The topological polar surface area (TPSA) is 103 Å². The third-order valence-corrected chi connectivity index (χ3v) is 6.80. The van der Waals surface area contributed by atoms with Crippen LogP contribution in [0.5, 0.6) is 5.75 Å². The van der Waals surface area contributed by atoms with Crippen molar-refractivity contribution in [3.8, 4) is 5.75 Å². The minimum absolute atomic E-state index is 0.0346. The van der Waals surface area contributed by atoms with Crippen LogP contribution in [-0.2, 0) is 29.2 Å². The predicted octanol–water partition coefficient (Wildman–Crippen LogP) is 2.28. The number of carbonyl (C=O) groups is 2. The second-order valence-corrected chi connectivity index (χ2v) is 9.23. The Hall–Kier alpha value is -3.79. The highest BCUT2D eigenvalue weighted by Crippen LogP contribution is 2.27. The Morgan fingerprint density at radius 3 is 2.67 bits per heavy atom. The number of tetrazole rings is 1. The van der Waals surface area contributed by atoms with E-state index >= 15 is 0 Å². The molecular weight excluding hydrogens is 460 g/mol. The number of methoxy groups -OCH3 is 1. The SMILES string of the molecule is COC(=O)[C@@H]1CCCCN1Cc1ccc2c(c1)CN(C(=O)c1ccc(Cn3cnnn3)cc1)CCO2. The van der Waals surface area contributed by atoms with Crippen molar-refractivity contribution in [3.63, 3.8) is 0 Å². The summed E-state index contributed by atoms with van der Waals surface area (Å²) in [5.41, 5.74) is 3.70. The van der Waals surface area contributed by atoms with Gasteiger partial charge < -0.3 is 14.4 Å². The van der Waals surface area contributed by atoms with Crippen LogP contribution < -0.4 is 4.74 Å². The van der Waals surface area contributed by atoms with Crippen molar-refractivity contribution >= 4 is 11.9 Å². The van der Waals surface area contributed by atoms with Crippen molar-refractivity contribution in [1.29, 1.82) is 0 Å². The molecule has 1 saturated heterocycles. The lowest BCUT2D eigenvalue weighted by molar-refractivity contribution is -0.148. The highest BCUT2D eigenvalue weighted by Gasteiger charge is 2.30. The predicted molar refractivity (Wildman–Crippen MR) is 130 cm³/mol. The fraction of sp³-hybridized carbons (Fsp3) is 0.423. The molecule has 1 fully saturated rings. The molecular formula is C26H30N6O4. The molecule has 3 heterocycles. The van der Waals surface area contributed by atoms with Gasteiger partial charge >= 0.3 is 5.97 Å². The lowest BCUT2D eigenvalue weighted by atomic mass is 10.0. The van der Waals surface area contributed by atoms with Crippen molar-refractivity contribution in [3.05, 3.63) is 71.0 Å². The number of carbonyl (C=O) groups excluding carboxylic acids is 2. The number of aromatic nitrogens is 4. The number of nitrogens with zero attached hydrogens (tertiary/aromatic N) is 6. The monoisotopic (exact) mass is 490 g/mol. The largest absolute Gasteiger partial charge is 0.491 e. The average molecular weight is 491 g/mol. The fourth-order valence-corrected chi connectivity index (χ4v) is 4.91. The molecule has 188 valence electrons. The molecule has 36 heavy (non-hydrogen) atoms. The van der Waals surface area contributed by atoms with Crippen LogP contribution in [0.3, 0.4) is 0 Å². The smallest absolute Gasteiger partial charge is 0.323 e. The molecule has 10 nitrogen and oxygen atoms in total. The Bertz CT molecular complexity index is 1200. The normalized spacial score (nSPS) is 18.1. The highest BCUT2D eigenvalue weighted by molar-refractivity contribution is 5.94. The van der Waals surface area contributed by atoms with Gasteiger partial charge in [-0.2, -0.15) is 0 Å². The zero-order valence-electron chi connectivity index (χ0n) is 20.4. The summed E-state index contributed by atoms with van der Waals surface area (Å²) >= 11 is 0. The lowest BCUT2D eigenvalue weighted by Gasteiger charge is -2.33. The molecule has 10 heteroatoms. The lowest BCUT2D eigenvalue weighted by Crippen LogP contribution is -2.44. The maximum absolute atomic E-state index is 13.3. The number of likely N-dealkylation sites (tertiary alicyclic amines) is 1. The van der Waals surface area contributed by atoms with E-state index in [-0.39, 0.29) is 17.9 Å². The molecule has 0 N–H and O–H groups in total. The van der Waals surface area contributed by atoms with Gasteiger partial charge in [0, 0.05) is 24.2 Å². The molecule has 1 atom stereocenters. The Kier molecular flexibility index (Phi) is 7.22. The number of amides is 1. The molecule has 2 aliphatic heterocycles. The van der Waals surface area contributed by atoms with Crippen LogP contribution in [0.4, 0.5) is 0 Å². The first-order valence-electron chi connectivity index (χ1n) is 12.3. The van der Waals surface area contributed by atoms with E-state index in [1.54, 1.807) is 11.0 Å². The third-order valence-electron chi connectivity index (χ3n) is 6.80. The van der Waals surface area contributed by atoms with Crippen LogP contribution in [-0.4, -0.2) is 74.7 Å². The zero-order valence-corrected chi connectivity index (χ0v) is 20.4. The quantitative estimate of drug-likeness (QED) is 0.485. The first kappa shape index (κ1) is 23.9. The van der Waals surface area contributed by atoms with Crippen molar-refractivity contribution in [2.24, 2.45) is 0 Å². The number of fused-ring (bicyclic) bond motifs is 1. The fourth-order valence-electron chi connectivity index (χ4n) is 4.91. The number of ether oxygens (including phenoxy) is 2. The molecule has 2 aliphatic rings. The summed E-state index contributed by atoms with van der Waals surface area (Å²) in [5, 5.41) is 11.2. The van der Waals surface area contributed by atoms with E-state index in [1.807, 2.05) is 41.3 Å². The van der Waals surface area contributed by atoms with Crippen molar-refractivity contribution < 1.29 is 19.1 Å². The summed E-state index contributed by atoms with van der Waals surface area (Å²) in [6.45, 7) is 3.47. The van der Waals surface area contributed by atoms with Gasteiger partial charge in [0.25, 0.3) is 5.91 Å². The molecule has 0 bridgehead atoms. The van der Waals surface area contributed by atoms with E-state index < -0.39 is 0 Å². The molecule has 0 spiro atoms. The molecule has 0 radical (unpaired) electrons. The van der Waals surface area contributed by atoms with Gasteiger partial charge in [0.2, 0.25) is 0 Å². The summed E-state index contributed by atoms with van der Waals surface area (Å²) in [5.74, 6) is 0.593. The maximum Gasteiger partial charge on any atom is 0.323 e. The van der Waals surface area contributed by atoms with Gasteiger partial charge in [0.1, 0.15) is 24.7 Å². The Labute approximate surface area is 209 Å². The van der Waals surface area contributed by atoms with Crippen LogP contribution in [0, 0.1) is 0 Å². The van der Waals surface area contributed by atoms with Crippen LogP contribution in [0.1, 0.15) is 46.3 Å². The summed E-state index contributed by atoms with van der Waals surface area (Å²) in [7, 11) is 1.45. The molecule has 2 aromatic carbocycles. The molecule has 0 saturated carbocycles. The number of benzene rings is 2. The van der Waals surface area contributed by atoms with Crippen molar-refractivity contribution in [1.82, 2.24) is 30.0 Å². The number of rotatable bonds is 6.